The van der Waals surface area contributed by atoms with Gasteiger partial charge in [-0.05, 0) is 30.3 Å². The highest BCUT2D eigenvalue weighted by Crippen LogP contribution is 2.27. The molecule has 0 saturated carbocycles. The van der Waals surface area contributed by atoms with Gasteiger partial charge in [-0.2, -0.15) is 0 Å². The summed E-state index contributed by atoms with van der Waals surface area (Å²) in [6, 6.07) is 7.49. The Morgan fingerprint density at radius 2 is 1.82 bits per heavy atom. The molecule has 0 bridgehead atoms. The van der Waals surface area contributed by atoms with Gasteiger partial charge in [0.1, 0.15) is 5.75 Å². The number of nitrogens with one attached hydrogen (secondary N) is 1. The first-order valence-electron chi connectivity index (χ1n) is 6.17. The first-order valence-corrected chi connectivity index (χ1v) is 6.17. The zero-order valence-electron chi connectivity index (χ0n) is 11.5. The van der Waals surface area contributed by atoms with Crippen LogP contribution in [-0.2, 0) is 0 Å². The van der Waals surface area contributed by atoms with E-state index in [1.165, 1.54) is 37.4 Å². The van der Waals surface area contributed by atoms with Crippen LogP contribution in [0.4, 0.5) is 5.69 Å². The number of methoxy groups -OCH3 is 1. The fourth-order valence-electron chi connectivity index (χ4n) is 1.84. The summed E-state index contributed by atoms with van der Waals surface area (Å²) in [5.41, 5.74) is -0.0317. The van der Waals surface area contributed by atoms with Gasteiger partial charge in [0, 0.05) is 11.6 Å². The number of carbonyl (C=O) groups excluding carboxylic acids is 1. The number of aromatic carboxylic acids is 1. The summed E-state index contributed by atoms with van der Waals surface area (Å²) in [5.74, 6) is -2.03. The van der Waals surface area contributed by atoms with Gasteiger partial charge in [-0.25, -0.2) is 4.79 Å². The van der Waals surface area contributed by atoms with Crippen molar-refractivity contribution in [3.8, 4) is 17.2 Å². The molecule has 0 unspecified atom stereocenters. The largest absolute Gasteiger partial charge is 0.508 e. The molecule has 0 radical (unpaired) electrons. The molecule has 0 heterocycles. The Balaban J connectivity index is 2.33. The van der Waals surface area contributed by atoms with Crippen molar-refractivity contribution in [2.45, 2.75) is 0 Å². The van der Waals surface area contributed by atoms with Crippen molar-refractivity contribution < 1.29 is 29.6 Å². The number of carbonyl (C=O) groups is 2. The van der Waals surface area contributed by atoms with Gasteiger partial charge in [0.2, 0.25) is 0 Å². The van der Waals surface area contributed by atoms with Crippen LogP contribution >= 0.6 is 0 Å². The molecular formula is C15H13NO6. The molecule has 1 amide bonds. The van der Waals surface area contributed by atoms with Gasteiger partial charge in [-0.15, -0.1) is 0 Å². The number of benzene rings is 2. The van der Waals surface area contributed by atoms with Crippen molar-refractivity contribution in [3.05, 3.63) is 47.5 Å². The van der Waals surface area contributed by atoms with Crippen molar-refractivity contribution in [2.75, 3.05) is 12.4 Å². The predicted molar refractivity (Wildman–Crippen MR) is 77.7 cm³/mol. The van der Waals surface area contributed by atoms with Gasteiger partial charge in [0.25, 0.3) is 5.91 Å². The Kier molecular flexibility index (Phi) is 4.17. The minimum Gasteiger partial charge on any atom is -0.508 e. The summed E-state index contributed by atoms with van der Waals surface area (Å²) in [6.07, 6.45) is 0. The number of ether oxygens (including phenoxy) is 1. The van der Waals surface area contributed by atoms with Gasteiger partial charge in [0.15, 0.2) is 11.5 Å². The zero-order valence-corrected chi connectivity index (χ0v) is 11.5. The number of rotatable bonds is 4. The SMILES string of the molecule is COc1cc(C(=O)Nc2cc(O)ccc2C(=O)O)ccc1O. The second-order valence-corrected chi connectivity index (χ2v) is 4.38. The highest BCUT2D eigenvalue weighted by molar-refractivity contribution is 6.08. The number of phenols is 2. The van der Waals surface area contributed by atoms with Gasteiger partial charge >= 0.3 is 5.97 Å². The molecular weight excluding hydrogens is 290 g/mol. The molecule has 0 saturated heterocycles. The van der Waals surface area contributed by atoms with Crippen LogP contribution in [0, 0.1) is 0 Å². The van der Waals surface area contributed by atoms with E-state index < -0.39 is 11.9 Å². The van der Waals surface area contributed by atoms with Crippen molar-refractivity contribution in [2.24, 2.45) is 0 Å². The highest BCUT2D eigenvalue weighted by atomic mass is 16.5. The normalized spacial score (nSPS) is 10.0. The Hall–Kier alpha value is -3.22. The second-order valence-electron chi connectivity index (χ2n) is 4.38. The molecule has 2 rings (SSSR count). The fraction of sp³-hybridized carbons (Fsp3) is 0.0667. The van der Waals surface area contributed by atoms with Gasteiger partial charge in [0.05, 0.1) is 18.4 Å². The number of phenolic OH excluding ortho intramolecular Hbond substituents is 2. The van der Waals surface area contributed by atoms with Crippen molar-refractivity contribution in [3.63, 3.8) is 0 Å². The standard InChI is InChI=1S/C15H13NO6/c1-22-13-6-8(2-5-12(13)18)14(19)16-11-7-9(17)3-4-10(11)15(20)21/h2-7,17-18H,1H3,(H,16,19)(H,20,21). The van der Waals surface area contributed by atoms with E-state index in [9.17, 15) is 19.8 Å². The molecule has 0 aliphatic rings. The molecule has 7 nitrogen and oxygen atoms in total. The topological polar surface area (TPSA) is 116 Å². The number of amides is 1. The molecule has 0 aliphatic heterocycles. The lowest BCUT2D eigenvalue weighted by atomic mass is 10.1. The van der Waals surface area contributed by atoms with E-state index in [0.717, 1.165) is 6.07 Å². The molecule has 114 valence electrons. The van der Waals surface area contributed by atoms with E-state index in [1.54, 1.807) is 0 Å². The molecule has 2 aromatic rings. The lowest BCUT2D eigenvalue weighted by Crippen LogP contribution is -2.14. The highest BCUT2D eigenvalue weighted by Gasteiger charge is 2.15. The molecule has 0 atom stereocenters. The van der Waals surface area contributed by atoms with Crippen molar-refractivity contribution in [1.82, 2.24) is 0 Å². The molecule has 0 spiro atoms. The molecule has 22 heavy (non-hydrogen) atoms. The number of carboxylic acids is 1. The maximum Gasteiger partial charge on any atom is 0.337 e. The van der Waals surface area contributed by atoms with E-state index in [2.05, 4.69) is 5.32 Å². The van der Waals surface area contributed by atoms with Crippen LogP contribution in [0.2, 0.25) is 0 Å². The monoisotopic (exact) mass is 303 g/mol. The zero-order chi connectivity index (χ0) is 16.3. The Morgan fingerprint density at radius 1 is 1.09 bits per heavy atom. The number of anilines is 1. The van der Waals surface area contributed by atoms with Crippen LogP contribution in [0.3, 0.4) is 0 Å². The number of hydrogen-bond donors (Lipinski definition) is 4. The van der Waals surface area contributed by atoms with E-state index in [1.807, 2.05) is 0 Å². The summed E-state index contributed by atoms with van der Waals surface area (Å²) in [4.78, 5) is 23.3. The summed E-state index contributed by atoms with van der Waals surface area (Å²) >= 11 is 0. The maximum absolute atomic E-state index is 12.2. The fourth-order valence-corrected chi connectivity index (χ4v) is 1.84. The predicted octanol–water partition coefficient (Wildman–Crippen LogP) is 2.06. The average Bonchev–Trinajstić information content (AvgIpc) is 2.47. The molecule has 4 N–H and O–H groups in total. The van der Waals surface area contributed by atoms with E-state index >= 15 is 0 Å². The van der Waals surface area contributed by atoms with Gasteiger partial charge in [-0.1, -0.05) is 0 Å². The third-order valence-corrected chi connectivity index (χ3v) is 2.92. The van der Waals surface area contributed by atoms with Crippen LogP contribution in [-0.4, -0.2) is 34.3 Å². The van der Waals surface area contributed by atoms with Gasteiger partial charge < -0.3 is 25.4 Å². The van der Waals surface area contributed by atoms with Crippen molar-refractivity contribution in [1.29, 1.82) is 0 Å². The molecule has 7 heteroatoms. The molecule has 0 fully saturated rings. The average molecular weight is 303 g/mol. The quantitative estimate of drug-likeness (QED) is 0.687. The first-order chi connectivity index (χ1) is 10.4. The Morgan fingerprint density at radius 3 is 2.45 bits per heavy atom. The molecule has 2 aromatic carbocycles. The molecule has 0 aromatic heterocycles. The maximum atomic E-state index is 12.2. The third-order valence-electron chi connectivity index (χ3n) is 2.92. The second kappa shape index (κ2) is 6.04. The number of hydrogen-bond acceptors (Lipinski definition) is 5. The summed E-state index contributed by atoms with van der Waals surface area (Å²) in [5, 5.41) is 30.4. The third kappa shape index (κ3) is 3.09. The van der Waals surface area contributed by atoms with Crippen molar-refractivity contribution >= 4 is 17.6 Å². The number of carboxylic acid groups (broad SMARTS) is 1. The minimum atomic E-state index is -1.24. The molecule has 0 aliphatic carbocycles. The van der Waals surface area contributed by atoms with Crippen LogP contribution in [0.5, 0.6) is 17.2 Å². The minimum absolute atomic E-state index is 0.0375. The van der Waals surface area contributed by atoms with Crippen LogP contribution in [0.25, 0.3) is 0 Å². The first kappa shape index (κ1) is 15.2. The lowest BCUT2D eigenvalue weighted by Gasteiger charge is -2.10. The smallest absolute Gasteiger partial charge is 0.337 e. The summed E-state index contributed by atoms with van der Waals surface area (Å²) in [6.45, 7) is 0. The van der Waals surface area contributed by atoms with Gasteiger partial charge in [-0.3, -0.25) is 4.79 Å². The van der Waals surface area contributed by atoms with E-state index in [4.69, 9.17) is 9.84 Å². The summed E-state index contributed by atoms with van der Waals surface area (Å²) < 4.78 is 4.90. The van der Waals surface area contributed by atoms with E-state index in [-0.39, 0.29) is 34.1 Å². The van der Waals surface area contributed by atoms with Crippen LogP contribution in [0.1, 0.15) is 20.7 Å². The van der Waals surface area contributed by atoms with E-state index in [0.29, 0.717) is 0 Å². The number of aromatic hydroxyl groups is 2. The van der Waals surface area contributed by atoms with Crippen LogP contribution in [0.15, 0.2) is 36.4 Å². The lowest BCUT2D eigenvalue weighted by molar-refractivity contribution is 0.0698. The summed E-state index contributed by atoms with van der Waals surface area (Å²) in [7, 11) is 1.34. The van der Waals surface area contributed by atoms with Crippen LogP contribution < -0.4 is 10.1 Å². The Bertz CT molecular complexity index is 741. The Labute approximate surface area is 125 Å².